The number of hydrogen-bond acceptors (Lipinski definition) is 4. The second kappa shape index (κ2) is 8.13. The summed E-state index contributed by atoms with van der Waals surface area (Å²) in [6.07, 6.45) is 0.625. The number of benzene rings is 3. The van der Waals surface area contributed by atoms with Gasteiger partial charge in [0, 0.05) is 10.9 Å². The Hall–Kier alpha value is -4.06. The molecule has 0 radical (unpaired) electrons. The van der Waals surface area contributed by atoms with E-state index < -0.39 is 0 Å². The molecule has 2 N–H and O–H groups in total. The maximum Gasteiger partial charge on any atom is 0.119 e. The largest absolute Gasteiger partial charge is 0.497 e. The van der Waals surface area contributed by atoms with Gasteiger partial charge in [0.2, 0.25) is 0 Å². The van der Waals surface area contributed by atoms with Crippen LogP contribution in [0.25, 0.3) is 27.8 Å². The monoisotopic (exact) mass is 392 g/mol. The van der Waals surface area contributed by atoms with E-state index in [1.165, 1.54) is 0 Å². The van der Waals surface area contributed by atoms with E-state index in [4.69, 9.17) is 10.5 Å². The molecule has 4 aromatic rings. The topological polar surface area (TPSA) is 87.8 Å². The zero-order valence-corrected chi connectivity index (χ0v) is 16.6. The van der Waals surface area contributed by atoms with E-state index in [1.807, 2.05) is 54.6 Å². The van der Waals surface area contributed by atoms with Crippen molar-refractivity contribution in [2.75, 3.05) is 13.7 Å². The molecule has 0 fully saturated rings. The van der Waals surface area contributed by atoms with Gasteiger partial charge < -0.3 is 15.0 Å². The number of rotatable bonds is 5. The minimum atomic E-state index is 0.456. The van der Waals surface area contributed by atoms with Crippen molar-refractivity contribution in [1.29, 1.82) is 10.5 Å². The van der Waals surface area contributed by atoms with E-state index in [1.54, 1.807) is 19.2 Å². The molecule has 0 aliphatic heterocycles. The van der Waals surface area contributed by atoms with Crippen LogP contribution in [0.3, 0.4) is 0 Å². The molecular weight excluding hydrogens is 372 g/mol. The van der Waals surface area contributed by atoms with Crippen LogP contribution in [0, 0.1) is 22.7 Å². The molecule has 0 amide bonds. The van der Waals surface area contributed by atoms with Gasteiger partial charge in [-0.3, -0.25) is 0 Å². The molecule has 1 aromatic heterocycles. The van der Waals surface area contributed by atoms with Gasteiger partial charge >= 0.3 is 0 Å². The minimum Gasteiger partial charge on any atom is -0.497 e. The van der Waals surface area contributed by atoms with Crippen molar-refractivity contribution in [3.8, 4) is 34.8 Å². The van der Waals surface area contributed by atoms with Crippen LogP contribution in [0.2, 0.25) is 0 Å². The van der Waals surface area contributed by atoms with Gasteiger partial charge in [-0.2, -0.15) is 10.5 Å². The molecule has 0 spiro atoms. The number of nitrogens with zero attached hydrogens (tertiary/aromatic N) is 3. The van der Waals surface area contributed by atoms with Gasteiger partial charge in [0.05, 0.1) is 41.2 Å². The Kier molecular flexibility index (Phi) is 5.22. The second-order valence-corrected chi connectivity index (χ2v) is 6.87. The Morgan fingerprint density at radius 3 is 2.33 bits per heavy atom. The zero-order chi connectivity index (χ0) is 21.1. The summed E-state index contributed by atoms with van der Waals surface area (Å²) in [7, 11) is 1.64. The first-order valence-electron chi connectivity index (χ1n) is 9.63. The van der Waals surface area contributed by atoms with Crippen molar-refractivity contribution in [3.05, 3.63) is 83.4 Å². The normalized spacial score (nSPS) is 10.5. The number of aromatic nitrogens is 1. The molecular formula is C25H20N4O. The Bertz CT molecular complexity index is 1320. The quantitative estimate of drug-likeness (QED) is 0.540. The van der Waals surface area contributed by atoms with Gasteiger partial charge in [0.1, 0.15) is 11.8 Å². The van der Waals surface area contributed by atoms with Crippen molar-refractivity contribution < 1.29 is 4.74 Å². The molecule has 0 saturated carbocycles. The summed E-state index contributed by atoms with van der Waals surface area (Å²) in [6, 6.07) is 25.5. The number of methoxy groups -OCH3 is 1. The van der Waals surface area contributed by atoms with Crippen molar-refractivity contribution in [2.24, 2.45) is 5.73 Å². The van der Waals surface area contributed by atoms with Crippen LogP contribution in [-0.2, 0) is 6.42 Å². The predicted molar refractivity (Wildman–Crippen MR) is 117 cm³/mol. The molecule has 30 heavy (non-hydrogen) atoms. The van der Waals surface area contributed by atoms with E-state index in [0.29, 0.717) is 24.1 Å². The van der Waals surface area contributed by atoms with Crippen LogP contribution in [0.4, 0.5) is 0 Å². The first-order chi connectivity index (χ1) is 14.7. The summed E-state index contributed by atoms with van der Waals surface area (Å²) in [5.41, 5.74) is 11.5. The number of hydrogen-bond donors (Lipinski definition) is 1. The summed E-state index contributed by atoms with van der Waals surface area (Å²) in [6.45, 7) is 0.456. The van der Waals surface area contributed by atoms with Crippen molar-refractivity contribution in [1.82, 2.24) is 4.57 Å². The average molecular weight is 392 g/mol. The number of ether oxygens (including phenoxy) is 1. The van der Waals surface area contributed by atoms with Crippen LogP contribution < -0.4 is 10.5 Å². The highest BCUT2D eigenvalue weighted by Gasteiger charge is 2.23. The molecule has 5 nitrogen and oxygen atoms in total. The Morgan fingerprint density at radius 2 is 1.63 bits per heavy atom. The first kappa shape index (κ1) is 19.3. The summed E-state index contributed by atoms with van der Waals surface area (Å²) in [5.74, 6) is 0.742. The van der Waals surface area contributed by atoms with Gasteiger partial charge in [-0.1, -0.05) is 30.3 Å². The van der Waals surface area contributed by atoms with Gasteiger partial charge in [-0.05, 0) is 54.9 Å². The highest BCUT2D eigenvalue weighted by atomic mass is 16.5. The summed E-state index contributed by atoms with van der Waals surface area (Å²) in [4.78, 5) is 0. The second-order valence-electron chi connectivity index (χ2n) is 6.87. The maximum absolute atomic E-state index is 9.76. The molecule has 1 heterocycles. The van der Waals surface area contributed by atoms with E-state index in [2.05, 4.69) is 16.7 Å². The summed E-state index contributed by atoms with van der Waals surface area (Å²) >= 11 is 0. The van der Waals surface area contributed by atoms with Crippen molar-refractivity contribution in [3.63, 3.8) is 0 Å². The minimum absolute atomic E-state index is 0.456. The van der Waals surface area contributed by atoms with Crippen LogP contribution in [0.1, 0.15) is 16.7 Å². The van der Waals surface area contributed by atoms with E-state index >= 15 is 0 Å². The lowest BCUT2D eigenvalue weighted by molar-refractivity contribution is 0.415. The van der Waals surface area contributed by atoms with Gasteiger partial charge in [-0.25, -0.2) is 0 Å². The molecule has 0 unspecified atom stereocenters. The lowest BCUT2D eigenvalue weighted by Crippen LogP contribution is -2.06. The molecule has 0 aliphatic carbocycles. The fourth-order valence-electron chi connectivity index (χ4n) is 3.94. The number of fused-ring (bicyclic) bond motifs is 1. The lowest BCUT2D eigenvalue weighted by atomic mass is 9.98. The zero-order valence-electron chi connectivity index (χ0n) is 16.6. The van der Waals surface area contributed by atoms with E-state index in [-0.39, 0.29) is 0 Å². The van der Waals surface area contributed by atoms with Crippen LogP contribution >= 0.6 is 0 Å². The van der Waals surface area contributed by atoms with Gasteiger partial charge in [0.25, 0.3) is 0 Å². The highest BCUT2D eigenvalue weighted by molar-refractivity contribution is 5.96. The first-order valence-corrected chi connectivity index (χ1v) is 9.63. The summed E-state index contributed by atoms with van der Waals surface area (Å²) in [5, 5.41) is 20.5. The third-order valence-corrected chi connectivity index (χ3v) is 5.24. The van der Waals surface area contributed by atoms with E-state index in [0.717, 1.165) is 39.2 Å². The third kappa shape index (κ3) is 3.08. The van der Waals surface area contributed by atoms with Crippen LogP contribution in [0.5, 0.6) is 5.75 Å². The van der Waals surface area contributed by atoms with Gasteiger partial charge in [0.15, 0.2) is 0 Å². The molecule has 0 atom stereocenters. The maximum atomic E-state index is 9.76. The standard InChI is InChI=1S/C25H20N4O/c1-30-19-10-11-24-22(14-19)21(12-13-26)25(20-8-4-2-6-17(20)15-27)29(24)23-9-5-3-7-18(23)16-28/h2-11,14H,12-13,26H2,1H3. The molecule has 4 rings (SSSR count). The fraction of sp³-hybridized carbons (Fsp3) is 0.120. The number of nitriles is 2. The third-order valence-electron chi connectivity index (χ3n) is 5.24. The Balaban J connectivity index is 2.22. The molecule has 3 aromatic carbocycles. The lowest BCUT2D eigenvalue weighted by Gasteiger charge is -2.15. The molecule has 146 valence electrons. The predicted octanol–water partition coefficient (Wildman–Crippen LogP) is 4.55. The Labute approximate surface area is 175 Å². The van der Waals surface area contributed by atoms with Crippen LogP contribution in [-0.4, -0.2) is 18.2 Å². The molecule has 0 bridgehead atoms. The summed E-state index contributed by atoms with van der Waals surface area (Å²) < 4.78 is 7.52. The number of para-hydroxylation sites is 1. The van der Waals surface area contributed by atoms with Gasteiger partial charge in [-0.15, -0.1) is 0 Å². The molecule has 5 heteroatoms. The molecule has 0 saturated heterocycles. The van der Waals surface area contributed by atoms with Crippen molar-refractivity contribution in [2.45, 2.75) is 6.42 Å². The fourth-order valence-corrected chi connectivity index (χ4v) is 3.94. The van der Waals surface area contributed by atoms with Crippen molar-refractivity contribution >= 4 is 10.9 Å². The molecule has 0 aliphatic rings. The highest BCUT2D eigenvalue weighted by Crippen LogP contribution is 2.40. The number of nitrogens with two attached hydrogens (primary N) is 1. The SMILES string of the molecule is COc1ccc2c(c1)c(CCN)c(-c1ccccc1C#N)n2-c1ccccc1C#N. The Morgan fingerprint density at radius 1 is 0.933 bits per heavy atom. The average Bonchev–Trinajstić information content (AvgIpc) is 3.12. The van der Waals surface area contributed by atoms with Crippen LogP contribution in [0.15, 0.2) is 66.7 Å². The van der Waals surface area contributed by atoms with E-state index in [9.17, 15) is 10.5 Å². The smallest absolute Gasteiger partial charge is 0.119 e.